The van der Waals surface area contributed by atoms with Crippen molar-refractivity contribution in [2.24, 2.45) is 10.9 Å². The molecule has 1 aliphatic rings. The fourth-order valence-corrected chi connectivity index (χ4v) is 2.92. The minimum absolute atomic E-state index is 0.379. The highest BCUT2D eigenvalue weighted by atomic mass is 16.5. The molecule has 1 aromatic heterocycles. The van der Waals surface area contributed by atoms with Gasteiger partial charge in [0, 0.05) is 25.7 Å². The first kappa shape index (κ1) is 18.8. The van der Waals surface area contributed by atoms with Crippen molar-refractivity contribution >= 4 is 5.96 Å². The molecule has 0 bridgehead atoms. The molecule has 0 aliphatic carbocycles. The molecule has 1 fully saturated rings. The predicted octanol–water partition coefficient (Wildman–Crippen LogP) is 2.59. The molecule has 0 saturated carbocycles. The molecule has 1 atom stereocenters. The summed E-state index contributed by atoms with van der Waals surface area (Å²) in [6.45, 7) is 14.5. The van der Waals surface area contributed by atoms with E-state index in [0.717, 1.165) is 37.0 Å². The van der Waals surface area contributed by atoms with E-state index in [9.17, 15) is 0 Å². The van der Waals surface area contributed by atoms with Crippen LogP contribution in [0.3, 0.4) is 0 Å². The van der Waals surface area contributed by atoms with E-state index in [1.54, 1.807) is 0 Å². The molecule has 0 amide bonds. The normalized spacial score (nSPS) is 17.5. The second-order valence-corrected chi connectivity index (χ2v) is 7.06. The summed E-state index contributed by atoms with van der Waals surface area (Å²) in [4.78, 5) is 7.16. The Labute approximate surface area is 146 Å². The van der Waals surface area contributed by atoms with Crippen LogP contribution in [0.2, 0.25) is 0 Å². The van der Waals surface area contributed by atoms with Crippen molar-refractivity contribution in [1.82, 2.24) is 20.7 Å². The standard InChI is InChI=1S/C18H33N5O/c1-5-19-18(20-11-15(4)13-23-8-6-7-9-23)21-12-16-10-17(14(2)3)22-24-16/h10,14-15H,5-9,11-13H2,1-4H3,(H2,19,20,21). The van der Waals surface area contributed by atoms with Gasteiger partial charge in [-0.2, -0.15) is 0 Å². The number of rotatable bonds is 8. The van der Waals surface area contributed by atoms with Crippen LogP contribution in [0.5, 0.6) is 0 Å². The molecule has 1 saturated heterocycles. The summed E-state index contributed by atoms with van der Waals surface area (Å²) in [5.74, 6) is 2.63. The van der Waals surface area contributed by atoms with Gasteiger partial charge in [0.05, 0.1) is 5.69 Å². The molecule has 24 heavy (non-hydrogen) atoms. The van der Waals surface area contributed by atoms with E-state index in [4.69, 9.17) is 4.52 Å². The van der Waals surface area contributed by atoms with Crippen LogP contribution >= 0.6 is 0 Å². The second kappa shape index (κ2) is 9.67. The molecule has 1 unspecified atom stereocenters. The number of nitrogens with one attached hydrogen (secondary N) is 2. The van der Waals surface area contributed by atoms with Crippen molar-refractivity contribution in [3.8, 4) is 0 Å². The Morgan fingerprint density at radius 1 is 1.29 bits per heavy atom. The molecule has 1 aliphatic heterocycles. The highest BCUT2D eigenvalue weighted by Gasteiger charge is 2.15. The van der Waals surface area contributed by atoms with Gasteiger partial charge in [-0.25, -0.2) is 4.99 Å². The fraction of sp³-hybridized carbons (Fsp3) is 0.778. The third-order valence-electron chi connectivity index (χ3n) is 4.29. The van der Waals surface area contributed by atoms with Crippen LogP contribution in [0.15, 0.2) is 15.6 Å². The number of guanidine groups is 1. The predicted molar refractivity (Wildman–Crippen MR) is 98.2 cm³/mol. The van der Waals surface area contributed by atoms with Crippen LogP contribution in [0.25, 0.3) is 0 Å². The Morgan fingerprint density at radius 2 is 2.04 bits per heavy atom. The zero-order valence-electron chi connectivity index (χ0n) is 15.6. The second-order valence-electron chi connectivity index (χ2n) is 7.06. The van der Waals surface area contributed by atoms with Gasteiger partial charge in [-0.05, 0) is 44.7 Å². The van der Waals surface area contributed by atoms with Gasteiger partial charge in [-0.3, -0.25) is 0 Å². The molecule has 6 nitrogen and oxygen atoms in total. The van der Waals surface area contributed by atoms with Crippen LogP contribution in [0, 0.1) is 5.92 Å². The van der Waals surface area contributed by atoms with E-state index in [0.29, 0.717) is 18.4 Å². The highest BCUT2D eigenvalue weighted by Crippen LogP contribution is 2.14. The molecule has 136 valence electrons. The quantitative estimate of drug-likeness (QED) is 0.565. The van der Waals surface area contributed by atoms with E-state index in [1.165, 1.54) is 25.9 Å². The molecular weight excluding hydrogens is 302 g/mol. The van der Waals surface area contributed by atoms with Gasteiger partial charge in [0.15, 0.2) is 11.7 Å². The zero-order chi connectivity index (χ0) is 17.4. The SMILES string of the molecule is CCNC(=NCc1cc(C(C)C)no1)NCC(C)CN1CCCC1. The van der Waals surface area contributed by atoms with Gasteiger partial charge < -0.3 is 20.1 Å². The van der Waals surface area contributed by atoms with Crippen LogP contribution in [0.1, 0.15) is 57.9 Å². The van der Waals surface area contributed by atoms with Crippen molar-refractivity contribution in [1.29, 1.82) is 0 Å². The summed E-state index contributed by atoms with van der Waals surface area (Å²) in [5, 5.41) is 10.8. The minimum atomic E-state index is 0.379. The maximum atomic E-state index is 5.35. The van der Waals surface area contributed by atoms with Crippen molar-refractivity contribution in [2.45, 2.75) is 53.0 Å². The Morgan fingerprint density at radius 3 is 2.67 bits per heavy atom. The van der Waals surface area contributed by atoms with Gasteiger partial charge in [0.2, 0.25) is 0 Å². The molecule has 2 rings (SSSR count). The lowest BCUT2D eigenvalue weighted by atomic mass is 10.1. The van der Waals surface area contributed by atoms with E-state index >= 15 is 0 Å². The topological polar surface area (TPSA) is 65.7 Å². The van der Waals surface area contributed by atoms with Crippen molar-refractivity contribution < 1.29 is 4.52 Å². The molecule has 2 N–H and O–H groups in total. The lowest BCUT2D eigenvalue weighted by Gasteiger charge is -2.21. The smallest absolute Gasteiger partial charge is 0.191 e. The van der Waals surface area contributed by atoms with E-state index < -0.39 is 0 Å². The van der Waals surface area contributed by atoms with Crippen LogP contribution in [0.4, 0.5) is 0 Å². The number of likely N-dealkylation sites (tertiary alicyclic amines) is 1. The monoisotopic (exact) mass is 335 g/mol. The lowest BCUT2D eigenvalue weighted by Crippen LogP contribution is -2.41. The molecule has 1 aromatic rings. The summed E-state index contributed by atoms with van der Waals surface area (Å²) < 4.78 is 5.35. The maximum Gasteiger partial charge on any atom is 0.191 e. The number of hydrogen-bond donors (Lipinski definition) is 2. The number of hydrogen-bond acceptors (Lipinski definition) is 4. The van der Waals surface area contributed by atoms with E-state index in [1.807, 2.05) is 6.07 Å². The average molecular weight is 335 g/mol. The van der Waals surface area contributed by atoms with Crippen LogP contribution in [-0.4, -0.2) is 48.7 Å². The lowest BCUT2D eigenvalue weighted by molar-refractivity contribution is 0.287. The number of aliphatic imine (C=N–C) groups is 1. The summed E-state index contributed by atoms with van der Waals surface area (Å²) in [6.07, 6.45) is 2.69. The molecule has 0 spiro atoms. The fourth-order valence-electron chi connectivity index (χ4n) is 2.92. The molecule has 0 aromatic carbocycles. The van der Waals surface area contributed by atoms with Crippen molar-refractivity contribution in [3.05, 3.63) is 17.5 Å². The van der Waals surface area contributed by atoms with Gasteiger partial charge in [-0.15, -0.1) is 0 Å². The first-order chi connectivity index (χ1) is 11.6. The Bertz CT molecular complexity index is 505. The van der Waals surface area contributed by atoms with Crippen molar-refractivity contribution in [2.75, 3.05) is 32.7 Å². The first-order valence-electron chi connectivity index (χ1n) is 9.28. The molecule has 6 heteroatoms. The summed E-state index contributed by atoms with van der Waals surface area (Å²) in [7, 11) is 0. The van der Waals surface area contributed by atoms with Crippen molar-refractivity contribution in [3.63, 3.8) is 0 Å². The molecular formula is C18H33N5O. The van der Waals surface area contributed by atoms with Gasteiger partial charge in [0.25, 0.3) is 0 Å². The zero-order valence-corrected chi connectivity index (χ0v) is 15.6. The Balaban J connectivity index is 1.80. The summed E-state index contributed by atoms with van der Waals surface area (Å²) >= 11 is 0. The summed E-state index contributed by atoms with van der Waals surface area (Å²) in [5.41, 5.74) is 0.984. The Hall–Kier alpha value is -1.56. The third-order valence-corrected chi connectivity index (χ3v) is 4.29. The van der Waals surface area contributed by atoms with E-state index in [-0.39, 0.29) is 0 Å². The minimum Gasteiger partial charge on any atom is -0.359 e. The third kappa shape index (κ3) is 6.15. The van der Waals surface area contributed by atoms with Gasteiger partial charge in [-0.1, -0.05) is 25.9 Å². The molecule has 0 radical (unpaired) electrons. The van der Waals surface area contributed by atoms with Gasteiger partial charge in [0.1, 0.15) is 6.54 Å². The van der Waals surface area contributed by atoms with Crippen LogP contribution < -0.4 is 10.6 Å². The summed E-state index contributed by atoms with van der Waals surface area (Å²) in [6, 6.07) is 1.99. The van der Waals surface area contributed by atoms with Gasteiger partial charge >= 0.3 is 0 Å². The number of nitrogens with zero attached hydrogens (tertiary/aromatic N) is 3. The first-order valence-corrected chi connectivity index (χ1v) is 9.28. The highest BCUT2D eigenvalue weighted by molar-refractivity contribution is 5.79. The Kier molecular flexibility index (Phi) is 7.56. The van der Waals surface area contributed by atoms with Crippen LogP contribution in [-0.2, 0) is 6.54 Å². The molecule has 2 heterocycles. The average Bonchev–Trinajstić information content (AvgIpc) is 3.21. The number of aromatic nitrogens is 1. The van der Waals surface area contributed by atoms with E-state index in [2.05, 4.69) is 53.4 Å². The largest absolute Gasteiger partial charge is 0.359 e. The maximum absolute atomic E-state index is 5.35.